The minimum atomic E-state index is -0.878. The van der Waals surface area contributed by atoms with E-state index in [4.69, 9.17) is 28.7 Å². The normalized spacial score (nSPS) is 14.4. The molecule has 2 aromatic heterocycles. The first-order valence-corrected chi connectivity index (χ1v) is 15.7. The van der Waals surface area contributed by atoms with Crippen molar-refractivity contribution < 1.29 is 33.3 Å². The van der Waals surface area contributed by atoms with Crippen LogP contribution < -0.4 is 29.1 Å². The average molecular weight is 660 g/mol. The third kappa shape index (κ3) is 5.73. The van der Waals surface area contributed by atoms with Gasteiger partial charge in [-0.2, -0.15) is 0 Å². The van der Waals surface area contributed by atoms with E-state index in [9.17, 15) is 14.4 Å². The molecular formula is C35H37N3O8S. The quantitative estimate of drug-likeness (QED) is 0.244. The smallest absolute Gasteiger partial charge is 0.338 e. The van der Waals surface area contributed by atoms with Crippen molar-refractivity contribution in [2.24, 2.45) is 4.99 Å². The first-order valence-electron chi connectivity index (χ1n) is 14.9. The van der Waals surface area contributed by atoms with Gasteiger partial charge in [0.2, 0.25) is 5.75 Å². The van der Waals surface area contributed by atoms with Gasteiger partial charge in [0.25, 0.3) is 5.56 Å². The van der Waals surface area contributed by atoms with Crippen molar-refractivity contribution in [3.8, 4) is 22.9 Å². The van der Waals surface area contributed by atoms with Crippen LogP contribution in [-0.4, -0.2) is 56.1 Å². The minimum Gasteiger partial charge on any atom is -0.493 e. The topological polar surface area (TPSA) is 120 Å². The lowest BCUT2D eigenvalue weighted by atomic mass is 9.95. The molecule has 0 saturated carbocycles. The predicted molar refractivity (Wildman–Crippen MR) is 178 cm³/mol. The Kier molecular flexibility index (Phi) is 9.43. The highest BCUT2D eigenvalue weighted by Crippen LogP contribution is 2.42. The van der Waals surface area contributed by atoms with Crippen LogP contribution in [0.15, 0.2) is 57.5 Å². The molecule has 11 nitrogen and oxygen atoms in total. The number of rotatable bonds is 9. The van der Waals surface area contributed by atoms with E-state index in [-0.39, 0.29) is 17.7 Å². The number of hydrogen-bond acceptors (Lipinski definition) is 10. The number of fused-ring (bicyclic) bond motifs is 1. The summed E-state index contributed by atoms with van der Waals surface area (Å²) in [7, 11) is 5.87. The fraction of sp³-hybridized carbons (Fsp3) is 0.314. The van der Waals surface area contributed by atoms with Crippen molar-refractivity contribution in [3.63, 3.8) is 0 Å². The Morgan fingerprint density at radius 1 is 0.957 bits per heavy atom. The summed E-state index contributed by atoms with van der Waals surface area (Å²) >= 11 is 1.23. The Hall–Kier alpha value is -5.10. The van der Waals surface area contributed by atoms with Crippen molar-refractivity contribution in [1.29, 1.82) is 0 Å². The number of carbonyl (C=O) groups is 2. The maximum absolute atomic E-state index is 14.3. The third-order valence-corrected chi connectivity index (χ3v) is 9.21. The molecule has 47 heavy (non-hydrogen) atoms. The Balaban J connectivity index is 1.73. The van der Waals surface area contributed by atoms with Crippen molar-refractivity contribution in [3.05, 3.63) is 101 Å². The molecule has 0 saturated heterocycles. The summed E-state index contributed by atoms with van der Waals surface area (Å²) < 4.78 is 31.1. The number of thiazole rings is 1. The zero-order chi connectivity index (χ0) is 34.2. The van der Waals surface area contributed by atoms with Gasteiger partial charge < -0.3 is 28.3 Å². The molecule has 0 radical (unpaired) electrons. The van der Waals surface area contributed by atoms with Crippen LogP contribution in [0.25, 0.3) is 11.8 Å². The Labute approximate surface area is 275 Å². The van der Waals surface area contributed by atoms with Crippen LogP contribution in [0.4, 0.5) is 0 Å². The van der Waals surface area contributed by atoms with Gasteiger partial charge in [0.15, 0.2) is 16.3 Å². The number of aryl methyl sites for hydroxylation is 1. The largest absolute Gasteiger partial charge is 0.493 e. The van der Waals surface area contributed by atoms with Gasteiger partial charge in [0.05, 0.1) is 62.5 Å². The molecule has 0 fully saturated rings. The SMILES string of the molecule is CCOC(=O)C1=C(C)N=c2s/c(=C/c3cc(C)n(-c4cccc(C(=O)OC)c4C)c3C)c(=O)n2[C@H]1c1cc(OC)c(OC)c(OC)c1. The maximum atomic E-state index is 14.3. The molecule has 0 N–H and O–H groups in total. The summed E-state index contributed by atoms with van der Waals surface area (Å²) in [5.41, 5.74) is 5.62. The predicted octanol–water partition coefficient (Wildman–Crippen LogP) is 4.33. The van der Waals surface area contributed by atoms with E-state index in [1.54, 1.807) is 32.0 Å². The summed E-state index contributed by atoms with van der Waals surface area (Å²) in [4.78, 5) is 45.2. The highest BCUT2D eigenvalue weighted by molar-refractivity contribution is 7.07. The number of carbonyl (C=O) groups excluding carboxylic acids is 2. The number of methoxy groups -OCH3 is 4. The minimum absolute atomic E-state index is 0.152. The molecule has 12 heteroatoms. The summed E-state index contributed by atoms with van der Waals surface area (Å²) in [6.07, 6.45) is 1.83. The monoisotopic (exact) mass is 659 g/mol. The number of aromatic nitrogens is 2. The second-order valence-corrected chi connectivity index (χ2v) is 11.9. The van der Waals surface area contributed by atoms with Crippen molar-refractivity contribution >= 4 is 29.4 Å². The molecule has 0 amide bonds. The van der Waals surface area contributed by atoms with Crippen molar-refractivity contribution in [1.82, 2.24) is 9.13 Å². The lowest BCUT2D eigenvalue weighted by molar-refractivity contribution is -0.139. The van der Waals surface area contributed by atoms with E-state index in [1.165, 1.54) is 44.3 Å². The Bertz CT molecular complexity index is 2090. The van der Waals surface area contributed by atoms with Crippen LogP contribution >= 0.6 is 11.3 Å². The molecule has 1 atom stereocenters. The van der Waals surface area contributed by atoms with E-state index < -0.39 is 18.0 Å². The van der Waals surface area contributed by atoms with Gasteiger partial charge in [-0.05, 0) is 87.7 Å². The van der Waals surface area contributed by atoms with Gasteiger partial charge in [0, 0.05) is 17.1 Å². The first kappa shape index (κ1) is 33.3. The van der Waals surface area contributed by atoms with Gasteiger partial charge in [-0.15, -0.1) is 0 Å². The lowest BCUT2D eigenvalue weighted by Gasteiger charge is -2.26. The molecule has 0 bridgehead atoms. The number of allylic oxidation sites excluding steroid dienone is 1. The number of nitrogens with zero attached hydrogens (tertiary/aromatic N) is 3. The van der Waals surface area contributed by atoms with E-state index in [0.717, 1.165) is 28.2 Å². The molecule has 3 heterocycles. The zero-order valence-corrected chi connectivity index (χ0v) is 28.7. The van der Waals surface area contributed by atoms with Gasteiger partial charge in [-0.1, -0.05) is 17.4 Å². The molecule has 1 aliphatic rings. The number of esters is 2. The van der Waals surface area contributed by atoms with E-state index in [1.807, 2.05) is 49.6 Å². The van der Waals surface area contributed by atoms with Gasteiger partial charge in [0.1, 0.15) is 0 Å². The van der Waals surface area contributed by atoms with Crippen LogP contribution in [-0.2, 0) is 14.3 Å². The molecule has 0 aliphatic carbocycles. The fourth-order valence-corrected chi connectivity index (χ4v) is 7.05. The number of benzene rings is 2. The fourth-order valence-electron chi connectivity index (χ4n) is 6.01. The maximum Gasteiger partial charge on any atom is 0.338 e. The average Bonchev–Trinajstić information content (AvgIpc) is 3.52. The highest BCUT2D eigenvalue weighted by Gasteiger charge is 2.35. The van der Waals surface area contributed by atoms with Crippen molar-refractivity contribution in [2.75, 3.05) is 35.0 Å². The van der Waals surface area contributed by atoms with Gasteiger partial charge in [-0.3, -0.25) is 9.36 Å². The van der Waals surface area contributed by atoms with E-state index >= 15 is 0 Å². The second-order valence-electron chi connectivity index (χ2n) is 10.9. The van der Waals surface area contributed by atoms with Crippen LogP contribution in [0.5, 0.6) is 17.2 Å². The standard InChI is InChI=1S/C35H37N3O8S/c1-10-46-34(41)29-20(4)36-35-38(30(29)23-15-26(42-6)31(44-8)27(16-23)43-7)32(39)28(47-35)17-22-14-18(2)37(21(22)5)25-13-11-12-24(19(25)3)33(40)45-9/h11-17,30H,10H2,1-9H3/b28-17+/t30-/m0/s1. The number of hydrogen-bond donors (Lipinski definition) is 0. The summed E-state index contributed by atoms with van der Waals surface area (Å²) in [5, 5.41) is 0. The third-order valence-electron chi connectivity index (χ3n) is 8.23. The molecule has 0 spiro atoms. The molecule has 1 aliphatic heterocycles. The zero-order valence-electron chi connectivity index (χ0n) is 27.8. The molecule has 5 rings (SSSR count). The lowest BCUT2D eigenvalue weighted by Crippen LogP contribution is -2.40. The van der Waals surface area contributed by atoms with E-state index in [2.05, 4.69) is 0 Å². The Morgan fingerprint density at radius 2 is 1.64 bits per heavy atom. The van der Waals surface area contributed by atoms with Crippen molar-refractivity contribution in [2.45, 2.75) is 40.7 Å². The molecule has 4 aromatic rings. The number of ether oxygens (including phenoxy) is 5. The Morgan fingerprint density at radius 3 is 2.23 bits per heavy atom. The first-order chi connectivity index (χ1) is 22.5. The van der Waals surface area contributed by atoms with Gasteiger partial charge in [-0.25, -0.2) is 14.6 Å². The molecule has 246 valence electrons. The van der Waals surface area contributed by atoms with Crippen LogP contribution in [0.2, 0.25) is 0 Å². The molecule has 0 unspecified atom stereocenters. The van der Waals surface area contributed by atoms with E-state index in [0.29, 0.717) is 43.4 Å². The second kappa shape index (κ2) is 13.3. The summed E-state index contributed by atoms with van der Waals surface area (Å²) in [6.45, 7) is 9.41. The summed E-state index contributed by atoms with van der Waals surface area (Å²) in [6, 6.07) is 10.0. The molecule has 2 aromatic carbocycles. The van der Waals surface area contributed by atoms with Crippen LogP contribution in [0.3, 0.4) is 0 Å². The highest BCUT2D eigenvalue weighted by atomic mass is 32.1. The van der Waals surface area contributed by atoms with Gasteiger partial charge >= 0.3 is 11.9 Å². The molecular weight excluding hydrogens is 622 g/mol. The van der Waals surface area contributed by atoms with Crippen LogP contribution in [0.1, 0.15) is 58.3 Å². The summed E-state index contributed by atoms with van der Waals surface area (Å²) in [5.74, 6) is 0.149. The van der Waals surface area contributed by atoms with Crippen LogP contribution in [0, 0.1) is 20.8 Å².